The zero-order valence-corrected chi connectivity index (χ0v) is 15.9. The molecule has 1 aromatic carbocycles. The summed E-state index contributed by atoms with van der Waals surface area (Å²) in [5.74, 6) is -0.690. The quantitative estimate of drug-likeness (QED) is 0.768. The van der Waals surface area contributed by atoms with E-state index in [4.69, 9.17) is 5.73 Å². The summed E-state index contributed by atoms with van der Waals surface area (Å²) in [6, 6.07) is 6.20. The van der Waals surface area contributed by atoms with E-state index in [0.29, 0.717) is 29.1 Å². The number of nitrogens with zero attached hydrogens (tertiary/aromatic N) is 2. The van der Waals surface area contributed by atoms with E-state index >= 15 is 0 Å². The van der Waals surface area contributed by atoms with E-state index < -0.39 is 17.1 Å². The number of H-pyrrole nitrogens is 1. The second kappa shape index (κ2) is 7.53. The molecule has 28 heavy (non-hydrogen) atoms. The lowest BCUT2D eigenvalue weighted by Crippen LogP contribution is -2.65. The standard InChI is InChI=1S/C20H23FN4O3/c1-3-16-23-12(2)14(18(27)24-16)8-17(26)25-10-20(11-25,19(22)28)9-13-6-4-5-7-15(13)21/h4-7H,3,8-11H2,1-2H3,(H2,22,28)(H,23,24,27). The highest BCUT2D eigenvalue weighted by Gasteiger charge is 2.50. The fourth-order valence-electron chi connectivity index (χ4n) is 3.53. The monoisotopic (exact) mass is 386 g/mol. The zero-order valence-electron chi connectivity index (χ0n) is 15.9. The second-order valence-electron chi connectivity index (χ2n) is 7.27. The summed E-state index contributed by atoms with van der Waals surface area (Å²) in [6.45, 7) is 3.78. The van der Waals surface area contributed by atoms with Crippen LogP contribution in [0.5, 0.6) is 0 Å². The van der Waals surface area contributed by atoms with Crippen LogP contribution in [0, 0.1) is 18.2 Å². The highest BCUT2D eigenvalue weighted by atomic mass is 19.1. The summed E-state index contributed by atoms with van der Waals surface area (Å²) in [5.41, 5.74) is 5.45. The van der Waals surface area contributed by atoms with E-state index in [1.54, 1.807) is 25.1 Å². The van der Waals surface area contributed by atoms with Crippen molar-refractivity contribution in [3.63, 3.8) is 0 Å². The van der Waals surface area contributed by atoms with Gasteiger partial charge in [-0.05, 0) is 25.0 Å². The topological polar surface area (TPSA) is 109 Å². The number of rotatable bonds is 6. The predicted molar refractivity (Wildman–Crippen MR) is 101 cm³/mol. The van der Waals surface area contributed by atoms with Gasteiger partial charge in [0.05, 0.1) is 11.8 Å². The maximum atomic E-state index is 14.0. The molecule has 3 N–H and O–H groups in total. The number of carbonyl (C=O) groups excluding carboxylic acids is 2. The fraction of sp³-hybridized carbons (Fsp3) is 0.400. The van der Waals surface area contributed by atoms with Gasteiger partial charge < -0.3 is 15.6 Å². The lowest BCUT2D eigenvalue weighted by molar-refractivity contribution is -0.151. The van der Waals surface area contributed by atoms with Crippen molar-refractivity contribution >= 4 is 11.8 Å². The molecule has 2 aromatic rings. The summed E-state index contributed by atoms with van der Waals surface area (Å²) >= 11 is 0. The molecule has 0 saturated carbocycles. The van der Waals surface area contributed by atoms with Crippen LogP contribution in [0.4, 0.5) is 4.39 Å². The van der Waals surface area contributed by atoms with Crippen molar-refractivity contribution in [3.8, 4) is 0 Å². The molecular weight excluding hydrogens is 363 g/mol. The van der Waals surface area contributed by atoms with E-state index in [9.17, 15) is 18.8 Å². The molecule has 148 valence electrons. The minimum absolute atomic E-state index is 0.104. The number of hydrogen-bond donors (Lipinski definition) is 2. The Hall–Kier alpha value is -3.03. The number of aromatic amines is 1. The van der Waals surface area contributed by atoms with E-state index in [-0.39, 0.29) is 37.4 Å². The van der Waals surface area contributed by atoms with E-state index in [2.05, 4.69) is 9.97 Å². The van der Waals surface area contributed by atoms with Crippen molar-refractivity contribution < 1.29 is 14.0 Å². The number of likely N-dealkylation sites (tertiary alicyclic amines) is 1. The number of nitrogens with two attached hydrogens (primary N) is 1. The summed E-state index contributed by atoms with van der Waals surface area (Å²) in [5, 5.41) is 0. The minimum Gasteiger partial charge on any atom is -0.369 e. The molecular formula is C20H23FN4O3. The largest absolute Gasteiger partial charge is 0.369 e. The van der Waals surface area contributed by atoms with Crippen LogP contribution in [0.15, 0.2) is 29.1 Å². The zero-order chi connectivity index (χ0) is 20.5. The lowest BCUT2D eigenvalue weighted by Gasteiger charge is -2.48. The smallest absolute Gasteiger partial charge is 0.254 e. The molecule has 1 aromatic heterocycles. The van der Waals surface area contributed by atoms with Gasteiger partial charge in [-0.2, -0.15) is 0 Å². The first-order valence-corrected chi connectivity index (χ1v) is 9.15. The number of halogens is 1. The summed E-state index contributed by atoms with van der Waals surface area (Å²) < 4.78 is 14.0. The average molecular weight is 386 g/mol. The van der Waals surface area contributed by atoms with Gasteiger partial charge in [0, 0.05) is 30.8 Å². The van der Waals surface area contributed by atoms with Gasteiger partial charge in [0.15, 0.2) is 0 Å². The van der Waals surface area contributed by atoms with Gasteiger partial charge in [-0.1, -0.05) is 25.1 Å². The lowest BCUT2D eigenvalue weighted by atomic mass is 9.73. The van der Waals surface area contributed by atoms with Gasteiger partial charge in [0.25, 0.3) is 5.56 Å². The Labute approximate surface area is 161 Å². The molecule has 1 aliphatic heterocycles. The average Bonchev–Trinajstić information content (AvgIpc) is 2.61. The van der Waals surface area contributed by atoms with Gasteiger partial charge in [-0.15, -0.1) is 0 Å². The predicted octanol–water partition coefficient (Wildman–Crippen LogP) is 0.879. The third kappa shape index (κ3) is 3.67. The number of benzene rings is 1. The molecule has 2 amide bonds. The van der Waals surface area contributed by atoms with Crippen molar-refractivity contribution in [3.05, 3.63) is 63.1 Å². The van der Waals surface area contributed by atoms with Gasteiger partial charge in [0.1, 0.15) is 11.6 Å². The first kappa shape index (κ1) is 19.7. The van der Waals surface area contributed by atoms with Crippen molar-refractivity contribution in [1.29, 1.82) is 0 Å². The van der Waals surface area contributed by atoms with Crippen LogP contribution in [0.3, 0.4) is 0 Å². The van der Waals surface area contributed by atoms with Crippen LogP contribution >= 0.6 is 0 Å². The highest BCUT2D eigenvalue weighted by molar-refractivity contribution is 5.87. The molecule has 0 spiro atoms. The summed E-state index contributed by atoms with van der Waals surface area (Å²) in [7, 11) is 0. The van der Waals surface area contributed by atoms with E-state index in [1.165, 1.54) is 11.0 Å². The van der Waals surface area contributed by atoms with Gasteiger partial charge in [-0.3, -0.25) is 14.4 Å². The first-order valence-electron chi connectivity index (χ1n) is 9.15. The molecule has 0 aliphatic carbocycles. The number of amides is 2. The first-order chi connectivity index (χ1) is 13.3. The maximum absolute atomic E-state index is 14.0. The normalized spacial score (nSPS) is 15.2. The van der Waals surface area contributed by atoms with Crippen LogP contribution in [-0.4, -0.2) is 39.8 Å². The van der Waals surface area contributed by atoms with Crippen molar-refractivity contribution in [2.75, 3.05) is 13.1 Å². The summed E-state index contributed by atoms with van der Waals surface area (Å²) in [6.07, 6.45) is 0.617. The SMILES string of the molecule is CCc1nc(C)c(CC(=O)N2CC(Cc3ccccc3F)(C(N)=O)C2)c(=O)[nH]1. The summed E-state index contributed by atoms with van der Waals surface area (Å²) in [4.78, 5) is 45.3. The van der Waals surface area contributed by atoms with Crippen molar-refractivity contribution in [2.45, 2.75) is 33.1 Å². The highest BCUT2D eigenvalue weighted by Crippen LogP contribution is 2.35. The van der Waals surface area contributed by atoms with Gasteiger partial charge in [0.2, 0.25) is 11.8 Å². The second-order valence-corrected chi connectivity index (χ2v) is 7.27. The number of primary amides is 1. The molecule has 1 fully saturated rings. The molecule has 3 rings (SSSR count). The van der Waals surface area contributed by atoms with Crippen LogP contribution in [0.2, 0.25) is 0 Å². The van der Waals surface area contributed by atoms with E-state index in [0.717, 1.165) is 0 Å². The van der Waals surface area contributed by atoms with Crippen LogP contribution < -0.4 is 11.3 Å². The molecule has 1 saturated heterocycles. The van der Waals surface area contributed by atoms with E-state index in [1.807, 2.05) is 6.92 Å². The van der Waals surface area contributed by atoms with Crippen molar-refractivity contribution in [1.82, 2.24) is 14.9 Å². The Morgan fingerprint density at radius 1 is 1.32 bits per heavy atom. The molecule has 1 aliphatic rings. The van der Waals surface area contributed by atoms with Gasteiger partial charge in [-0.25, -0.2) is 9.37 Å². The Morgan fingerprint density at radius 3 is 2.57 bits per heavy atom. The fourth-order valence-corrected chi connectivity index (χ4v) is 3.53. The van der Waals surface area contributed by atoms with Crippen LogP contribution in [0.1, 0.15) is 29.6 Å². The number of aryl methyl sites for hydroxylation is 2. The molecule has 8 heteroatoms. The van der Waals surface area contributed by atoms with Crippen LogP contribution in [-0.2, 0) is 28.9 Å². The minimum atomic E-state index is -0.996. The Morgan fingerprint density at radius 2 is 2.00 bits per heavy atom. The number of hydrogen-bond acceptors (Lipinski definition) is 4. The van der Waals surface area contributed by atoms with Gasteiger partial charge >= 0.3 is 0 Å². The third-order valence-corrected chi connectivity index (χ3v) is 5.28. The van der Waals surface area contributed by atoms with Crippen LogP contribution in [0.25, 0.3) is 0 Å². The Balaban J connectivity index is 1.72. The third-order valence-electron chi connectivity index (χ3n) is 5.28. The van der Waals surface area contributed by atoms with Crippen molar-refractivity contribution in [2.24, 2.45) is 11.1 Å². The molecule has 2 heterocycles. The number of carbonyl (C=O) groups is 2. The molecule has 0 atom stereocenters. The molecule has 0 unspecified atom stereocenters. The Kier molecular flexibility index (Phi) is 5.31. The molecule has 7 nitrogen and oxygen atoms in total. The number of aromatic nitrogens is 2. The molecule has 0 bridgehead atoms. The maximum Gasteiger partial charge on any atom is 0.254 e. The number of nitrogens with one attached hydrogen (secondary N) is 1. The molecule has 0 radical (unpaired) electrons. The Bertz CT molecular complexity index is 980.